The largest absolute Gasteiger partial charge is 0.486 e. The Morgan fingerprint density at radius 1 is 1.11 bits per heavy atom. The van der Waals surface area contributed by atoms with Crippen molar-refractivity contribution in [1.29, 1.82) is 0 Å². The lowest BCUT2D eigenvalue weighted by atomic mass is 9.77. The Kier molecular flexibility index (Phi) is 8.83. The Morgan fingerprint density at radius 2 is 1.92 bits per heavy atom. The molecule has 8 nitrogen and oxygen atoms in total. The van der Waals surface area contributed by atoms with Crippen LogP contribution in [0.1, 0.15) is 62.5 Å². The summed E-state index contributed by atoms with van der Waals surface area (Å²) in [5.74, 6) is -0.272. The quantitative estimate of drug-likeness (QED) is 0.389. The molecule has 1 aliphatic heterocycles. The first-order valence-corrected chi connectivity index (χ1v) is 12.9. The standard InChI is InChI=1S/C28H36N2O6/c1-2-3-4-5-6-11-24(32)30(17-19-12-15-35-18-19)22-16-21(28(34)29-13-14-31)25-20-9-7-8-10-23(20)36-27(25)26(22)33/h7-10,12,15-16,18,22,25-27,31,33H,2-6,11,13-14,17H2,1H3,(H,29,34). The van der Waals surface area contributed by atoms with Crippen LogP contribution in [0.25, 0.3) is 0 Å². The molecule has 0 fully saturated rings. The Bertz CT molecular complexity index is 1050. The summed E-state index contributed by atoms with van der Waals surface area (Å²) in [6.45, 7) is 2.33. The van der Waals surface area contributed by atoms with E-state index in [0.717, 1.165) is 43.2 Å². The summed E-state index contributed by atoms with van der Waals surface area (Å²) < 4.78 is 11.4. The van der Waals surface area contributed by atoms with Crippen molar-refractivity contribution in [3.63, 3.8) is 0 Å². The Hall–Kier alpha value is -3.10. The number of hydrogen-bond donors (Lipinski definition) is 3. The van der Waals surface area contributed by atoms with Crippen LogP contribution in [-0.2, 0) is 16.1 Å². The zero-order valence-corrected chi connectivity index (χ0v) is 20.8. The third-order valence-corrected chi connectivity index (χ3v) is 6.98. The van der Waals surface area contributed by atoms with Crippen LogP contribution < -0.4 is 10.1 Å². The fourth-order valence-electron chi connectivity index (χ4n) is 5.15. The number of carbonyl (C=O) groups excluding carboxylic acids is 2. The first-order chi connectivity index (χ1) is 17.5. The maximum absolute atomic E-state index is 13.5. The number of rotatable bonds is 12. The number of fused-ring (bicyclic) bond motifs is 3. The molecule has 4 rings (SSSR count). The van der Waals surface area contributed by atoms with E-state index < -0.39 is 24.2 Å². The summed E-state index contributed by atoms with van der Waals surface area (Å²) in [6, 6.07) is 8.48. The van der Waals surface area contributed by atoms with Crippen LogP contribution in [0.5, 0.6) is 5.75 Å². The fourth-order valence-corrected chi connectivity index (χ4v) is 5.15. The average molecular weight is 497 g/mol. The number of amides is 2. The number of ether oxygens (including phenoxy) is 1. The fraction of sp³-hybridized carbons (Fsp3) is 0.500. The number of para-hydroxylation sites is 1. The van der Waals surface area contributed by atoms with Crippen LogP contribution in [0.3, 0.4) is 0 Å². The van der Waals surface area contributed by atoms with E-state index in [0.29, 0.717) is 17.7 Å². The van der Waals surface area contributed by atoms with Gasteiger partial charge in [0.05, 0.1) is 31.1 Å². The molecule has 1 aliphatic carbocycles. The zero-order valence-electron chi connectivity index (χ0n) is 20.8. The first-order valence-electron chi connectivity index (χ1n) is 12.9. The van der Waals surface area contributed by atoms with Crippen molar-refractivity contribution in [3.8, 4) is 5.75 Å². The molecule has 0 saturated heterocycles. The van der Waals surface area contributed by atoms with Crippen molar-refractivity contribution in [2.24, 2.45) is 0 Å². The van der Waals surface area contributed by atoms with Gasteiger partial charge in [-0.15, -0.1) is 0 Å². The Balaban J connectivity index is 1.65. The van der Waals surface area contributed by atoms with Crippen molar-refractivity contribution < 1.29 is 29.0 Å². The number of aliphatic hydroxyl groups excluding tert-OH is 2. The third-order valence-electron chi connectivity index (χ3n) is 6.98. The van der Waals surface area contributed by atoms with Gasteiger partial charge < -0.3 is 29.6 Å². The van der Waals surface area contributed by atoms with Crippen molar-refractivity contribution in [1.82, 2.24) is 10.2 Å². The minimum atomic E-state index is -1.03. The summed E-state index contributed by atoms with van der Waals surface area (Å²) in [5.41, 5.74) is 2.06. The van der Waals surface area contributed by atoms with Crippen LogP contribution in [0.2, 0.25) is 0 Å². The van der Waals surface area contributed by atoms with Crippen LogP contribution >= 0.6 is 0 Å². The molecule has 2 aromatic rings. The predicted molar refractivity (Wildman–Crippen MR) is 134 cm³/mol. The maximum Gasteiger partial charge on any atom is 0.247 e. The second-order valence-corrected chi connectivity index (χ2v) is 9.50. The van der Waals surface area contributed by atoms with E-state index in [2.05, 4.69) is 12.2 Å². The molecule has 2 aliphatic rings. The lowest BCUT2D eigenvalue weighted by Gasteiger charge is -2.40. The van der Waals surface area contributed by atoms with E-state index >= 15 is 0 Å². The van der Waals surface area contributed by atoms with Gasteiger partial charge in [-0.3, -0.25) is 9.59 Å². The minimum Gasteiger partial charge on any atom is -0.486 e. The molecule has 8 heteroatoms. The highest BCUT2D eigenvalue weighted by atomic mass is 16.5. The van der Waals surface area contributed by atoms with Gasteiger partial charge in [-0.25, -0.2) is 0 Å². The predicted octanol–water partition coefficient (Wildman–Crippen LogP) is 3.29. The van der Waals surface area contributed by atoms with Crippen LogP contribution in [0, 0.1) is 0 Å². The molecule has 4 atom stereocenters. The maximum atomic E-state index is 13.5. The molecule has 194 valence electrons. The number of furan rings is 1. The number of aliphatic hydroxyl groups is 2. The average Bonchev–Trinajstić information content (AvgIpc) is 3.54. The van der Waals surface area contributed by atoms with Crippen LogP contribution in [0.4, 0.5) is 0 Å². The van der Waals surface area contributed by atoms with Crippen molar-refractivity contribution in [2.75, 3.05) is 13.2 Å². The molecule has 0 saturated carbocycles. The normalized spacial score (nSPS) is 22.2. The highest BCUT2D eigenvalue weighted by molar-refractivity contribution is 5.96. The van der Waals surface area contributed by atoms with Gasteiger partial charge >= 0.3 is 0 Å². The molecule has 1 aromatic heterocycles. The van der Waals surface area contributed by atoms with E-state index in [1.54, 1.807) is 29.6 Å². The van der Waals surface area contributed by atoms with E-state index in [-0.39, 0.29) is 31.5 Å². The summed E-state index contributed by atoms with van der Waals surface area (Å²) in [7, 11) is 0. The number of carbonyl (C=O) groups is 2. The third kappa shape index (κ3) is 5.65. The second kappa shape index (κ2) is 12.2. The van der Waals surface area contributed by atoms with Crippen LogP contribution in [-0.4, -0.2) is 58.3 Å². The van der Waals surface area contributed by atoms with Crippen molar-refractivity contribution >= 4 is 11.8 Å². The highest BCUT2D eigenvalue weighted by Crippen LogP contribution is 2.47. The molecule has 0 bridgehead atoms. The van der Waals surface area contributed by atoms with Crippen molar-refractivity contribution in [3.05, 3.63) is 65.6 Å². The van der Waals surface area contributed by atoms with Gasteiger partial charge in [0.1, 0.15) is 18.0 Å². The number of hydrogen-bond acceptors (Lipinski definition) is 6. The Labute approximate surface area is 211 Å². The molecule has 3 N–H and O–H groups in total. The number of benzene rings is 1. The SMILES string of the molecule is CCCCCCCC(=O)N(Cc1ccoc1)C1C=C(C(=O)NCCO)C2c3ccccc3OC2C1O. The topological polar surface area (TPSA) is 112 Å². The van der Waals surface area contributed by atoms with Crippen molar-refractivity contribution in [2.45, 2.75) is 76.2 Å². The molecule has 0 spiro atoms. The van der Waals surface area contributed by atoms with Gasteiger partial charge in [0.2, 0.25) is 11.8 Å². The number of unbranched alkanes of at least 4 members (excludes halogenated alkanes) is 4. The smallest absolute Gasteiger partial charge is 0.247 e. The Morgan fingerprint density at radius 3 is 2.67 bits per heavy atom. The van der Waals surface area contributed by atoms with Gasteiger partial charge in [-0.2, -0.15) is 0 Å². The van der Waals surface area contributed by atoms with Gasteiger partial charge in [0, 0.05) is 36.2 Å². The van der Waals surface area contributed by atoms with Gasteiger partial charge in [-0.1, -0.05) is 50.8 Å². The minimum absolute atomic E-state index is 0.0860. The van der Waals surface area contributed by atoms with E-state index in [4.69, 9.17) is 9.15 Å². The molecular weight excluding hydrogens is 460 g/mol. The lowest BCUT2D eigenvalue weighted by molar-refractivity contribution is -0.138. The molecule has 0 radical (unpaired) electrons. The lowest BCUT2D eigenvalue weighted by Crippen LogP contribution is -2.55. The van der Waals surface area contributed by atoms with E-state index in [1.807, 2.05) is 24.3 Å². The number of nitrogens with zero attached hydrogens (tertiary/aromatic N) is 1. The highest BCUT2D eigenvalue weighted by Gasteiger charge is 2.50. The van der Waals surface area contributed by atoms with Gasteiger partial charge in [0.25, 0.3) is 0 Å². The molecule has 2 amide bonds. The second-order valence-electron chi connectivity index (χ2n) is 9.50. The van der Waals surface area contributed by atoms with Crippen LogP contribution in [0.15, 0.2) is 58.9 Å². The summed E-state index contributed by atoms with van der Waals surface area (Å²) in [5, 5.41) is 23.5. The molecule has 4 unspecified atom stereocenters. The molecule has 1 aromatic carbocycles. The van der Waals surface area contributed by atoms with E-state index in [1.165, 1.54) is 0 Å². The summed E-state index contributed by atoms with van der Waals surface area (Å²) in [4.78, 5) is 28.3. The molecule has 2 heterocycles. The monoisotopic (exact) mass is 496 g/mol. The summed E-state index contributed by atoms with van der Waals surface area (Å²) >= 11 is 0. The summed E-state index contributed by atoms with van der Waals surface area (Å²) in [6.07, 6.45) is 8.56. The first kappa shape index (κ1) is 26.0. The number of nitrogens with one attached hydrogen (secondary N) is 1. The molecular formula is C28H36N2O6. The van der Waals surface area contributed by atoms with Gasteiger partial charge in [0.15, 0.2) is 0 Å². The molecule has 36 heavy (non-hydrogen) atoms. The zero-order chi connectivity index (χ0) is 25.5. The van der Waals surface area contributed by atoms with E-state index in [9.17, 15) is 19.8 Å². The van der Waals surface area contributed by atoms with Gasteiger partial charge in [-0.05, 0) is 24.6 Å².